The molecule has 4 amide bonds. The van der Waals surface area contributed by atoms with E-state index in [4.69, 9.17) is 11.2 Å². The average Bonchev–Trinajstić information content (AvgIpc) is 3.86. The van der Waals surface area contributed by atoms with Crippen molar-refractivity contribution in [1.82, 2.24) is 19.6 Å². The van der Waals surface area contributed by atoms with Crippen LogP contribution in [-0.4, -0.2) is 123 Å². The van der Waals surface area contributed by atoms with Gasteiger partial charge in [-0.05, 0) is 84.3 Å². The van der Waals surface area contributed by atoms with Gasteiger partial charge in [0.05, 0.1) is 23.5 Å². The lowest BCUT2D eigenvalue weighted by molar-refractivity contribution is -0.169. The maximum absolute atomic E-state index is 15.2. The molecule has 9 aliphatic rings. The molecular formula is C33H33N5O7S6. The highest BCUT2D eigenvalue weighted by atomic mass is 33.2. The number of nitrogens with one attached hydrogen (secondary N) is 1. The van der Waals surface area contributed by atoms with E-state index in [1.807, 2.05) is 62.4 Å². The second-order valence-electron chi connectivity index (χ2n) is 14.8. The number of amides is 4. The molecule has 0 aromatic heterocycles. The van der Waals surface area contributed by atoms with Crippen molar-refractivity contribution in [3.63, 3.8) is 0 Å². The topological polar surface area (TPSA) is 154 Å². The Kier molecular flexibility index (Phi) is 6.44. The summed E-state index contributed by atoms with van der Waals surface area (Å²) in [6, 6.07) is 14.0. The molecule has 4 N–H and O–H groups in total. The molecule has 0 radical (unpaired) electrons. The molecular weight excluding hydrogens is 771 g/mol. The Labute approximate surface area is 313 Å². The van der Waals surface area contributed by atoms with E-state index in [2.05, 4.69) is 5.32 Å². The minimum Gasteiger partial charge on any atom is -0.392 e. The first kappa shape index (κ1) is 33.3. The quantitative estimate of drug-likeness (QED) is 0.306. The molecule has 11 atom stereocenters. The SMILES string of the molecule is CC(C)C12SSC3(C(=O)N1C)C(O)C1(C45c6ccccc6CC4N4C(=O)C6(CO)N(C)C(=O)C4(C5O)S6=S=S=S)c4ccccc4NC1N3C2=O. The third-order valence-corrected chi connectivity index (χ3v) is 25.2. The number of hydrogen-bond acceptors (Lipinski definition) is 11. The van der Waals surface area contributed by atoms with Crippen LogP contribution in [-0.2, 0) is 74.8 Å². The molecule has 11 rings (SSSR count). The summed E-state index contributed by atoms with van der Waals surface area (Å²) in [6.45, 7) is 3.14. The Hall–Kier alpha value is -2.29. The highest BCUT2D eigenvalue weighted by Gasteiger charge is 2.95. The number of aliphatic hydroxyl groups is 3. The van der Waals surface area contributed by atoms with Gasteiger partial charge >= 0.3 is 0 Å². The zero-order valence-electron chi connectivity index (χ0n) is 27.6. The zero-order chi connectivity index (χ0) is 36.0. The van der Waals surface area contributed by atoms with Gasteiger partial charge < -0.3 is 35.3 Å². The van der Waals surface area contributed by atoms with Crippen molar-refractivity contribution < 1.29 is 34.5 Å². The molecule has 51 heavy (non-hydrogen) atoms. The molecule has 7 saturated heterocycles. The Morgan fingerprint density at radius 1 is 0.902 bits per heavy atom. The Balaban J connectivity index is 1.36. The normalized spacial score (nSPS) is 44.9. The molecule has 0 saturated carbocycles. The standard InChI is InChI=1S/C33H33N5O7S6/c1-15(2)31-26(44)38-23-30(18-11-7-8-12-19(18)34-23,21(40)32(38,48-47-31)25(43)36(31)4)29-17-10-6-5-9-16(17)13-20(29)37-24(42)28(14-39)35(3)27(45)33(37,22(29)41)51(28)50-49-46/h5-12,15,20-23,34,39-41H,13-14H2,1-4H3. The predicted octanol–water partition coefficient (Wildman–Crippen LogP) is -0.194. The highest BCUT2D eigenvalue weighted by molar-refractivity contribution is 8.78. The van der Waals surface area contributed by atoms with Crippen LogP contribution in [0.25, 0.3) is 0 Å². The maximum Gasteiger partial charge on any atom is 0.264 e. The van der Waals surface area contributed by atoms with Gasteiger partial charge in [0.1, 0.15) is 18.4 Å². The van der Waals surface area contributed by atoms with E-state index in [1.54, 1.807) is 7.05 Å². The summed E-state index contributed by atoms with van der Waals surface area (Å²) in [5.41, 5.74) is -0.622. The minimum atomic E-state index is -1.86. The van der Waals surface area contributed by atoms with Crippen molar-refractivity contribution in [2.24, 2.45) is 5.92 Å². The van der Waals surface area contributed by atoms with E-state index in [1.165, 1.54) is 48.2 Å². The summed E-state index contributed by atoms with van der Waals surface area (Å²) in [5, 5.41) is 41.8. The fourth-order valence-corrected chi connectivity index (χ4v) is 24.5. The van der Waals surface area contributed by atoms with Crippen LogP contribution in [0.3, 0.4) is 0 Å². The van der Waals surface area contributed by atoms with Crippen LogP contribution >= 0.6 is 21.6 Å². The molecule has 2 spiro atoms. The number of anilines is 1. The minimum absolute atomic E-state index is 0.234. The van der Waals surface area contributed by atoms with E-state index in [9.17, 15) is 24.9 Å². The van der Waals surface area contributed by atoms with Crippen molar-refractivity contribution in [1.29, 1.82) is 0 Å². The molecule has 2 aromatic carbocycles. The average molecular weight is 804 g/mol. The van der Waals surface area contributed by atoms with Crippen LogP contribution in [0.15, 0.2) is 48.5 Å². The number of rotatable bonds is 3. The van der Waals surface area contributed by atoms with Crippen molar-refractivity contribution in [3.8, 4) is 0 Å². The third-order valence-electron chi connectivity index (χ3n) is 13.4. The first-order valence-electron chi connectivity index (χ1n) is 16.6. The second-order valence-corrected chi connectivity index (χ2v) is 23.8. The lowest BCUT2D eigenvalue weighted by atomic mass is 9.51. The number of aliphatic hydroxyl groups excluding tert-OH is 3. The smallest absolute Gasteiger partial charge is 0.264 e. The number of likely N-dealkylation sites (N-methyl/N-ethyl adjacent to an activating group) is 2. The van der Waals surface area contributed by atoms with Gasteiger partial charge in [-0.25, -0.2) is 0 Å². The predicted molar refractivity (Wildman–Crippen MR) is 200 cm³/mol. The van der Waals surface area contributed by atoms with E-state index < -0.39 is 88.5 Å². The molecule has 268 valence electrons. The van der Waals surface area contributed by atoms with Gasteiger partial charge in [-0.1, -0.05) is 67.1 Å². The zero-order valence-corrected chi connectivity index (χ0v) is 32.5. The fourth-order valence-electron chi connectivity index (χ4n) is 11.5. The molecule has 8 aliphatic heterocycles. The molecule has 18 heteroatoms. The van der Waals surface area contributed by atoms with E-state index in [0.29, 0.717) is 16.8 Å². The van der Waals surface area contributed by atoms with Crippen molar-refractivity contribution >= 4 is 89.3 Å². The van der Waals surface area contributed by atoms with Gasteiger partial charge in [0.25, 0.3) is 23.6 Å². The summed E-state index contributed by atoms with van der Waals surface area (Å²) >= 11 is 5.37. The number of nitrogens with zero attached hydrogens (tertiary/aromatic N) is 4. The summed E-state index contributed by atoms with van der Waals surface area (Å²) in [5.74, 6) is -2.05. The number of fused-ring (bicyclic) bond motifs is 11. The Bertz CT molecular complexity index is 2200. The fraction of sp³-hybridized carbons (Fsp3) is 0.515. The van der Waals surface area contributed by atoms with E-state index in [-0.39, 0.29) is 18.2 Å². The largest absolute Gasteiger partial charge is 0.392 e. The second kappa shape index (κ2) is 9.87. The first-order valence-corrected chi connectivity index (χ1v) is 23.5. The molecule has 7 fully saturated rings. The number of benzene rings is 2. The van der Waals surface area contributed by atoms with Crippen LogP contribution in [0.2, 0.25) is 0 Å². The van der Waals surface area contributed by atoms with Crippen LogP contribution in [0.4, 0.5) is 5.69 Å². The molecule has 8 heterocycles. The monoisotopic (exact) mass is 803 g/mol. The number of piperazine rings is 2. The summed E-state index contributed by atoms with van der Waals surface area (Å²) in [6.07, 6.45) is -4.11. The highest BCUT2D eigenvalue weighted by Crippen LogP contribution is 2.78. The van der Waals surface area contributed by atoms with Gasteiger partial charge in [-0.2, -0.15) is 0 Å². The molecule has 1 aliphatic carbocycles. The molecule has 2 aromatic rings. The van der Waals surface area contributed by atoms with Gasteiger partial charge in [-0.3, -0.25) is 24.1 Å². The number of hydrogen-bond donors (Lipinski definition) is 4. The van der Waals surface area contributed by atoms with Gasteiger partial charge in [0.15, 0.2) is 9.74 Å². The van der Waals surface area contributed by atoms with Crippen molar-refractivity contribution in [2.45, 2.75) is 75.0 Å². The summed E-state index contributed by atoms with van der Waals surface area (Å²) in [4.78, 5) is 59.4. The van der Waals surface area contributed by atoms with Crippen LogP contribution < -0.4 is 5.32 Å². The van der Waals surface area contributed by atoms with E-state index >= 15 is 9.59 Å². The van der Waals surface area contributed by atoms with Gasteiger partial charge in [-0.15, -0.1) is 0 Å². The number of carbonyl (C=O) groups excluding carboxylic acids is 4. The van der Waals surface area contributed by atoms with E-state index in [0.717, 1.165) is 23.3 Å². The number of para-hydroxylation sites is 1. The van der Waals surface area contributed by atoms with Crippen LogP contribution in [0, 0.1) is 5.92 Å². The molecule has 4 bridgehead atoms. The first-order chi connectivity index (χ1) is 24.3. The number of carbonyl (C=O) groups is 4. The lowest BCUT2D eigenvalue weighted by Gasteiger charge is -2.60. The summed E-state index contributed by atoms with van der Waals surface area (Å²) in [7, 11) is 6.26. The van der Waals surface area contributed by atoms with Gasteiger partial charge in [0.2, 0.25) is 9.74 Å². The molecule has 11 unspecified atom stereocenters. The maximum atomic E-state index is 15.2. The Morgan fingerprint density at radius 3 is 2.27 bits per heavy atom. The van der Waals surface area contributed by atoms with Crippen LogP contribution in [0.5, 0.6) is 0 Å². The third kappa shape index (κ3) is 2.83. The van der Waals surface area contributed by atoms with Crippen molar-refractivity contribution in [3.05, 3.63) is 65.2 Å². The molecule has 12 nitrogen and oxygen atoms in total. The van der Waals surface area contributed by atoms with Gasteiger partial charge in [0, 0.05) is 19.8 Å². The lowest BCUT2D eigenvalue weighted by Crippen LogP contribution is -2.79. The van der Waals surface area contributed by atoms with Crippen molar-refractivity contribution in [2.75, 3.05) is 26.0 Å². The Morgan fingerprint density at radius 2 is 1.59 bits per heavy atom. The van der Waals surface area contributed by atoms with Crippen LogP contribution in [0.1, 0.15) is 30.5 Å². The summed E-state index contributed by atoms with van der Waals surface area (Å²) < 4.78 is 0.